The smallest absolute Gasteiger partial charge is 0.278 e. The minimum absolute atomic E-state index is 0.131. The van der Waals surface area contributed by atoms with E-state index in [9.17, 15) is 9.59 Å². The number of anilines is 1. The SMILES string of the molecule is CCN(CC)CCn1c(NC(=O)c2ccc(=O)n(CCOc3ccccc3)n2)nc2ccccc21. The maximum atomic E-state index is 13.1. The number of carbonyl (C=O) groups is 1. The van der Waals surface area contributed by atoms with Gasteiger partial charge in [-0.25, -0.2) is 9.67 Å². The Balaban J connectivity index is 1.50. The number of nitrogens with zero attached hydrogens (tertiary/aromatic N) is 5. The number of hydrogen-bond donors (Lipinski definition) is 1. The number of likely N-dealkylation sites (N-methyl/N-ethyl adjacent to an activating group) is 1. The van der Waals surface area contributed by atoms with E-state index in [0.29, 0.717) is 18.2 Å². The fourth-order valence-electron chi connectivity index (χ4n) is 3.84. The number of nitrogens with one attached hydrogen (secondary N) is 1. The van der Waals surface area contributed by atoms with Crippen LogP contribution in [-0.4, -0.2) is 56.4 Å². The van der Waals surface area contributed by atoms with Crippen LogP contribution < -0.4 is 15.6 Å². The molecule has 35 heavy (non-hydrogen) atoms. The molecule has 4 rings (SSSR count). The number of aromatic nitrogens is 4. The fourth-order valence-corrected chi connectivity index (χ4v) is 3.84. The first-order chi connectivity index (χ1) is 17.1. The molecular weight excluding hydrogens is 444 g/mol. The summed E-state index contributed by atoms with van der Waals surface area (Å²) in [6.07, 6.45) is 0. The van der Waals surface area contributed by atoms with Crippen LogP contribution in [0.1, 0.15) is 24.3 Å². The Bertz CT molecular complexity index is 1330. The highest BCUT2D eigenvalue weighted by Gasteiger charge is 2.17. The van der Waals surface area contributed by atoms with Gasteiger partial charge in [-0.3, -0.25) is 14.9 Å². The highest BCUT2D eigenvalue weighted by atomic mass is 16.5. The van der Waals surface area contributed by atoms with Gasteiger partial charge < -0.3 is 14.2 Å². The molecule has 0 aliphatic carbocycles. The molecule has 0 aliphatic heterocycles. The molecule has 2 aromatic carbocycles. The predicted molar refractivity (Wildman–Crippen MR) is 136 cm³/mol. The average Bonchev–Trinajstić information content (AvgIpc) is 3.23. The van der Waals surface area contributed by atoms with Crippen molar-refractivity contribution in [2.45, 2.75) is 26.9 Å². The molecular formula is C26H30N6O3. The molecule has 9 heteroatoms. The van der Waals surface area contributed by atoms with E-state index in [2.05, 4.69) is 34.1 Å². The maximum Gasteiger partial charge on any atom is 0.278 e. The van der Waals surface area contributed by atoms with Gasteiger partial charge in [0.25, 0.3) is 11.5 Å². The molecule has 1 amide bonds. The first-order valence-corrected chi connectivity index (χ1v) is 11.8. The van der Waals surface area contributed by atoms with Crippen LogP contribution in [0.2, 0.25) is 0 Å². The van der Waals surface area contributed by atoms with Crippen LogP contribution in [0.15, 0.2) is 71.5 Å². The van der Waals surface area contributed by atoms with Gasteiger partial charge in [0, 0.05) is 19.2 Å². The number of carbonyl (C=O) groups excluding carboxylic acids is 1. The van der Waals surface area contributed by atoms with Crippen molar-refractivity contribution in [3.05, 3.63) is 82.8 Å². The first-order valence-electron chi connectivity index (χ1n) is 11.8. The van der Waals surface area contributed by atoms with Gasteiger partial charge in [0.1, 0.15) is 18.1 Å². The summed E-state index contributed by atoms with van der Waals surface area (Å²) >= 11 is 0. The number of imidazole rings is 1. The zero-order valence-electron chi connectivity index (χ0n) is 20.1. The van der Waals surface area contributed by atoms with Crippen molar-refractivity contribution in [1.29, 1.82) is 0 Å². The van der Waals surface area contributed by atoms with E-state index in [4.69, 9.17) is 4.74 Å². The Hall–Kier alpha value is -3.98. The second-order valence-electron chi connectivity index (χ2n) is 8.00. The topological polar surface area (TPSA) is 94.3 Å². The zero-order chi connectivity index (χ0) is 24.6. The molecule has 0 fully saturated rings. The number of ether oxygens (including phenoxy) is 1. The monoisotopic (exact) mass is 474 g/mol. The number of amides is 1. The van der Waals surface area contributed by atoms with E-state index in [-0.39, 0.29) is 24.4 Å². The normalized spacial score (nSPS) is 11.2. The molecule has 0 saturated heterocycles. The van der Waals surface area contributed by atoms with Gasteiger partial charge in [-0.1, -0.05) is 44.2 Å². The fraction of sp³-hybridized carbons (Fsp3) is 0.308. The summed E-state index contributed by atoms with van der Waals surface area (Å²) in [5.74, 6) is 0.732. The largest absolute Gasteiger partial charge is 0.492 e. The van der Waals surface area contributed by atoms with Gasteiger partial charge in [-0.2, -0.15) is 5.10 Å². The standard InChI is InChI=1S/C26H30N6O3/c1-3-30(4-2)16-17-31-23-13-9-8-12-21(23)27-26(31)28-25(34)22-14-15-24(33)32(29-22)18-19-35-20-10-6-5-7-11-20/h5-15H,3-4,16-19H2,1-2H3,(H,27,28,34). The Labute approximate surface area is 204 Å². The molecule has 0 atom stereocenters. The van der Waals surface area contributed by atoms with Crippen LogP contribution in [0, 0.1) is 0 Å². The summed E-state index contributed by atoms with van der Waals surface area (Å²) in [5, 5.41) is 7.14. The summed E-state index contributed by atoms with van der Waals surface area (Å²) < 4.78 is 8.90. The molecule has 0 bridgehead atoms. The zero-order valence-corrected chi connectivity index (χ0v) is 20.1. The number of para-hydroxylation sites is 3. The summed E-state index contributed by atoms with van der Waals surface area (Å²) in [6.45, 7) is 8.14. The summed E-state index contributed by atoms with van der Waals surface area (Å²) in [7, 11) is 0. The quantitative estimate of drug-likeness (QED) is 0.359. The van der Waals surface area contributed by atoms with Crippen molar-refractivity contribution in [2.24, 2.45) is 0 Å². The Morgan fingerprint density at radius 3 is 2.49 bits per heavy atom. The van der Waals surface area contributed by atoms with Gasteiger partial charge in [0.2, 0.25) is 5.95 Å². The lowest BCUT2D eigenvalue weighted by Gasteiger charge is -2.19. The molecule has 0 saturated carbocycles. The first kappa shape index (κ1) is 24.2. The molecule has 4 aromatic rings. The molecule has 2 heterocycles. The van der Waals surface area contributed by atoms with Gasteiger partial charge in [-0.05, 0) is 43.4 Å². The van der Waals surface area contributed by atoms with Crippen molar-refractivity contribution in [1.82, 2.24) is 24.2 Å². The van der Waals surface area contributed by atoms with Crippen molar-refractivity contribution < 1.29 is 9.53 Å². The van der Waals surface area contributed by atoms with E-state index < -0.39 is 5.91 Å². The third kappa shape index (κ3) is 5.93. The van der Waals surface area contributed by atoms with Crippen molar-refractivity contribution in [2.75, 3.05) is 31.6 Å². The summed E-state index contributed by atoms with van der Waals surface area (Å²) in [6, 6.07) is 19.9. The molecule has 2 aromatic heterocycles. The Kier molecular flexibility index (Phi) is 7.89. The van der Waals surface area contributed by atoms with Gasteiger partial charge in [-0.15, -0.1) is 0 Å². The third-order valence-corrected chi connectivity index (χ3v) is 5.83. The van der Waals surface area contributed by atoms with Crippen LogP contribution in [-0.2, 0) is 13.1 Å². The van der Waals surface area contributed by atoms with Gasteiger partial charge >= 0.3 is 0 Å². The second kappa shape index (κ2) is 11.4. The lowest BCUT2D eigenvalue weighted by atomic mass is 10.3. The van der Waals surface area contributed by atoms with Gasteiger partial charge in [0.05, 0.1) is 17.6 Å². The van der Waals surface area contributed by atoms with E-state index in [1.54, 1.807) is 0 Å². The average molecular weight is 475 g/mol. The van der Waals surface area contributed by atoms with Crippen molar-refractivity contribution in [3.63, 3.8) is 0 Å². The van der Waals surface area contributed by atoms with E-state index in [1.807, 2.05) is 59.2 Å². The van der Waals surface area contributed by atoms with Crippen LogP contribution in [0.4, 0.5) is 5.95 Å². The van der Waals surface area contributed by atoms with Crippen LogP contribution >= 0.6 is 0 Å². The number of rotatable bonds is 11. The minimum Gasteiger partial charge on any atom is -0.492 e. The maximum absolute atomic E-state index is 13.1. The van der Waals surface area contributed by atoms with Crippen LogP contribution in [0.5, 0.6) is 5.75 Å². The van der Waals surface area contributed by atoms with Crippen molar-refractivity contribution in [3.8, 4) is 5.75 Å². The van der Waals surface area contributed by atoms with Crippen LogP contribution in [0.3, 0.4) is 0 Å². The highest BCUT2D eigenvalue weighted by molar-refractivity contribution is 6.02. The molecule has 182 valence electrons. The predicted octanol–water partition coefficient (Wildman–Crippen LogP) is 3.27. The summed E-state index contributed by atoms with van der Waals surface area (Å²) in [4.78, 5) is 32.3. The van der Waals surface area contributed by atoms with E-state index >= 15 is 0 Å². The summed E-state index contributed by atoms with van der Waals surface area (Å²) in [5.41, 5.74) is 1.58. The Morgan fingerprint density at radius 1 is 0.971 bits per heavy atom. The van der Waals surface area contributed by atoms with Crippen molar-refractivity contribution >= 4 is 22.9 Å². The minimum atomic E-state index is -0.429. The molecule has 9 nitrogen and oxygen atoms in total. The number of benzene rings is 2. The third-order valence-electron chi connectivity index (χ3n) is 5.83. The highest BCUT2D eigenvalue weighted by Crippen LogP contribution is 2.20. The van der Waals surface area contributed by atoms with Gasteiger partial charge in [0.15, 0.2) is 0 Å². The molecule has 0 spiro atoms. The molecule has 1 N–H and O–H groups in total. The molecule has 0 aliphatic rings. The molecule has 0 radical (unpaired) electrons. The Morgan fingerprint density at radius 2 is 1.71 bits per heavy atom. The van der Waals surface area contributed by atoms with E-state index in [0.717, 1.165) is 30.7 Å². The van der Waals surface area contributed by atoms with E-state index in [1.165, 1.54) is 16.8 Å². The second-order valence-corrected chi connectivity index (χ2v) is 8.00. The lowest BCUT2D eigenvalue weighted by molar-refractivity contribution is 0.101. The number of fused-ring (bicyclic) bond motifs is 1. The number of hydrogen-bond acceptors (Lipinski definition) is 6. The van der Waals surface area contributed by atoms with Crippen LogP contribution in [0.25, 0.3) is 11.0 Å². The lowest BCUT2D eigenvalue weighted by Crippen LogP contribution is -2.29. The molecule has 0 unspecified atom stereocenters.